The summed E-state index contributed by atoms with van der Waals surface area (Å²) in [6.45, 7) is 8.39. The first-order chi connectivity index (χ1) is 6.90. The Kier molecular flexibility index (Phi) is 6.48. The molecule has 0 aliphatic rings. The maximum Gasteiger partial charge on any atom is 0.226 e. The minimum atomic E-state index is 0.0618. The zero-order chi connectivity index (χ0) is 12.0. The fraction of sp³-hybridized carbons (Fsp3) is 0.818. The van der Waals surface area contributed by atoms with Crippen molar-refractivity contribution in [3.8, 4) is 0 Å². The molecule has 88 valence electrons. The van der Waals surface area contributed by atoms with Crippen molar-refractivity contribution in [1.29, 1.82) is 0 Å². The van der Waals surface area contributed by atoms with Gasteiger partial charge >= 0.3 is 0 Å². The number of nitrogens with zero attached hydrogens (tertiary/aromatic N) is 1. The summed E-state index contributed by atoms with van der Waals surface area (Å²) in [6.07, 6.45) is 1.94. The Bertz CT molecular complexity index is 229. The largest absolute Gasteiger partial charge is 0.392 e. The second-order valence-corrected chi connectivity index (χ2v) is 4.74. The lowest BCUT2D eigenvalue weighted by Crippen LogP contribution is -2.44. The van der Waals surface area contributed by atoms with Crippen molar-refractivity contribution < 1.29 is 4.79 Å². The lowest BCUT2D eigenvalue weighted by Gasteiger charge is -2.29. The van der Waals surface area contributed by atoms with Crippen LogP contribution in [-0.4, -0.2) is 28.4 Å². The van der Waals surface area contributed by atoms with Crippen LogP contribution < -0.4 is 5.73 Å². The van der Waals surface area contributed by atoms with Crippen LogP contribution in [0.15, 0.2) is 0 Å². The Labute approximate surface area is 98.0 Å². The van der Waals surface area contributed by atoms with Crippen molar-refractivity contribution in [1.82, 2.24) is 4.90 Å². The summed E-state index contributed by atoms with van der Waals surface area (Å²) < 4.78 is 0. The molecule has 0 aromatic carbocycles. The van der Waals surface area contributed by atoms with E-state index in [1.54, 1.807) is 4.90 Å². The number of thiocarbonyl (C=S) groups is 1. The molecule has 0 aromatic rings. The van der Waals surface area contributed by atoms with Crippen LogP contribution in [0.4, 0.5) is 0 Å². The third-order valence-electron chi connectivity index (χ3n) is 2.38. The summed E-state index contributed by atoms with van der Waals surface area (Å²) in [5.41, 5.74) is 5.48. The number of rotatable bonds is 6. The van der Waals surface area contributed by atoms with Crippen molar-refractivity contribution in [3.63, 3.8) is 0 Å². The van der Waals surface area contributed by atoms with E-state index < -0.39 is 0 Å². The third kappa shape index (κ3) is 5.11. The van der Waals surface area contributed by atoms with Gasteiger partial charge in [0, 0.05) is 12.0 Å². The van der Waals surface area contributed by atoms with Crippen molar-refractivity contribution in [2.24, 2.45) is 11.7 Å². The summed E-state index contributed by atoms with van der Waals surface area (Å²) in [5.74, 6) is 0.214. The Morgan fingerprint density at radius 1 is 1.40 bits per heavy atom. The molecule has 3 nitrogen and oxygen atoms in total. The Morgan fingerprint density at radius 3 is 2.27 bits per heavy atom. The van der Waals surface area contributed by atoms with Gasteiger partial charge in [0.1, 0.15) is 0 Å². The van der Waals surface area contributed by atoms with Gasteiger partial charge in [-0.1, -0.05) is 32.5 Å². The van der Waals surface area contributed by atoms with Crippen LogP contribution >= 0.6 is 12.2 Å². The topological polar surface area (TPSA) is 46.3 Å². The number of carbonyl (C=O) groups excluding carboxylic acids is 1. The van der Waals surface area contributed by atoms with Gasteiger partial charge in [-0.2, -0.15) is 0 Å². The molecule has 0 aliphatic heterocycles. The number of hydrogen-bond acceptors (Lipinski definition) is 2. The number of nitrogens with two attached hydrogens (primary N) is 1. The first-order valence-corrected chi connectivity index (χ1v) is 5.89. The van der Waals surface area contributed by atoms with E-state index in [1.807, 2.05) is 20.8 Å². The summed E-state index contributed by atoms with van der Waals surface area (Å²) in [7, 11) is 0. The van der Waals surface area contributed by atoms with E-state index in [4.69, 9.17) is 18.0 Å². The molecule has 1 unspecified atom stereocenters. The molecule has 0 rings (SSSR count). The van der Waals surface area contributed by atoms with Crippen LogP contribution in [-0.2, 0) is 4.79 Å². The predicted octanol–water partition coefficient (Wildman–Crippen LogP) is 1.95. The molecule has 2 N–H and O–H groups in total. The van der Waals surface area contributed by atoms with Gasteiger partial charge in [-0.15, -0.1) is 0 Å². The van der Waals surface area contributed by atoms with E-state index >= 15 is 0 Å². The van der Waals surface area contributed by atoms with E-state index in [2.05, 4.69) is 6.92 Å². The lowest BCUT2D eigenvalue weighted by molar-refractivity contribution is -0.136. The Morgan fingerprint density at radius 2 is 1.93 bits per heavy atom. The predicted molar refractivity (Wildman–Crippen MR) is 67.7 cm³/mol. The van der Waals surface area contributed by atoms with Gasteiger partial charge in [-0.05, 0) is 20.3 Å². The molecule has 0 aromatic heterocycles. The van der Waals surface area contributed by atoms with Crippen LogP contribution in [0.2, 0.25) is 0 Å². The molecule has 15 heavy (non-hydrogen) atoms. The molecule has 4 heteroatoms. The fourth-order valence-corrected chi connectivity index (χ4v) is 1.66. The average molecular weight is 230 g/mol. The Balaban J connectivity index is 4.47. The van der Waals surface area contributed by atoms with Crippen LogP contribution in [0.5, 0.6) is 0 Å². The van der Waals surface area contributed by atoms with Crippen LogP contribution in [0.25, 0.3) is 0 Å². The molecule has 0 saturated heterocycles. The summed E-state index contributed by atoms with van der Waals surface area (Å²) in [5, 5.41) is 0. The molecular formula is C11H22N2OS. The van der Waals surface area contributed by atoms with Gasteiger partial charge in [0.2, 0.25) is 5.91 Å². The summed E-state index contributed by atoms with van der Waals surface area (Å²) >= 11 is 4.85. The molecule has 0 saturated carbocycles. The van der Waals surface area contributed by atoms with E-state index in [-0.39, 0.29) is 17.9 Å². The first kappa shape index (κ1) is 14.4. The highest BCUT2D eigenvalue weighted by Gasteiger charge is 2.22. The van der Waals surface area contributed by atoms with Crippen LogP contribution in [0.3, 0.4) is 0 Å². The van der Waals surface area contributed by atoms with Crippen molar-refractivity contribution in [2.45, 2.75) is 46.6 Å². The van der Waals surface area contributed by atoms with Crippen LogP contribution in [0, 0.1) is 5.92 Å². The van der Waals surface area contributed by atoms with Gasteiger partial charge in [-0.3, -0.25) is 4.79 Å². The van der Waals surface area contributed by atoms with Gasteiger partial charge in [0.05, 0.1) is 11.5 Å². The monoisotopic (exact) mass is 230 g/mol. The minimum absolute atomic E-state index is 0.0618. The zero-order valence-corrected chi connectivity index (χ0v) is 10.9. The van der Waals surface area contributed by atoms with E-state index in [0.29, 0.717) is 11.5 Å². The van der Waals surface area contributed by atoms with Gasteiger partial charge in [-0.25, -0.2) is 0 Å². The minimum Gasteiger partial charge on any atom is -0.392 e. The SMILES string of the molecule is CCCC(C)C(=O)N(CC(N)=S)C(C)C. The highest BCUT2D eigenvalue weighted by molar-refractivity contribution is 7.80. The number of hydrogen-bond donors (Lipinski definition) is 1. The molecule has 1 amide bonds. The fourth-order valence-electron chi connectivity index (χ4n) is 1.52. The Hall–Kier alpha value is -0.640. The third-order valence-corrected chi connectivity index (χ3v) is 2.50. The molecule has 1 atom stereocenters. The van der Waals surface area contributed by atoms with E-state index in [9.17, 15) is 4.79 Å². The molecule has 0 aliphatic carbocycles. The standard InChI is InChI=1S/C11H22N2OS/c1-5-6-9(4)11(14)13(8(2)3)7-10(12)15/h8-9H,5-7H2,1-4H3,(H2,12,15). The van der Waals surface area contributed by atoms with Gasteiger partial charge in [0.15, 0.2) is 0 Å². The summed E-state index contributed by atoms with van der Waals surface area (Å²) in [6, 6.07) is 0.151. The first-order valence-electron chi connectivity index (χ1n) is 5.48. The van der Waals surface area contributed by atoms with Crippen molar-refractivity contribution in [2.75, 3.05) is 6.54 Å². The smallest absolute Gasteiger partial charge is 0.226 e. The average Bonchev–Trinajstić information content (AvgIpc) is 2.12. The second kappa shape index (κ2) is 6.77. The normalized spacial score (nSPS) is 12.6. The number of carbonyl (C=O) groups is 1. The summed E-state index contributed by atoms with van der Waals surface area (Å²) in [4.78, 5) is 14.1. The molecule has 0 fully saturated rings. The zero-order valence-electron chi connectivity index (χ0n) is 10.1. The van der Waals surface area contributed by atoms with E-state index in [0.717, 1.165) is 12.8 Å². The van der Waals surface area contributed by atoms with Crippen molar-refractivity contribution >= 4 is 23.1 Å². The molecular weight excluding hydrogens is 208 g/mol. The maximum absolute atomic E-state index is 12.0. The molecule has 0 spiro atoms. The van der Waals surface area contributed by atoms with Gasteiger partial charge in [0.25, 0.3) is 0 Å². The molecule has 0 heterocycles. The second-order valence-electron chi connectivity index (χ2n) is 4.22. The van der Waals surface area contributed by atoms with Crippen LogP contribution in [0.1, 0.15) is 40.5 Å². The highest BCUT2D eigenvalue weighted by atomic mass is 32.1. The quantitative estimate of drug-likeness (QED) is 0.709. The molecule has 0 bridgehead atoms. The molecule has 0 radical (unpaired) electrons. The van der Waals surface area contributed by atoms with Crippen molar-refractivity contribution in [3.05, 3.63) is 0 Å². The maximum atomic E-state index is 12.0. The lowest BCUT2D eigenvalue weighted by atomic mass is 10.0. The van der Waals surface area contributed by atoms with E-state index in [1.165, 1.54) is 0 Å². The highest BCUT2D eigenvalue weighted by Crippen LogP contribution is 2.11. The number of amides is 1. The van der Waals surface area contributed by atoms with Gasteiger partial charge < -0.3 is 10.6 Å².